The Morgan fingerprint density at radius 2 is 2.12 bits per heavy atom. The minimum atomic E-state index is -4.23. The number of alkyl halides is 4. The number of hydrogen-bond donors (Lipinski definition) is 0. The molecule has 0 N–H and O–H groups in total. The molecule has 0 unspecified atom stereocenters. The van der Waals surface area contributed by atoms with Crippen LogP contribution in [0.15, 0.2) is 11.2 Å². The van der Waals surface area contributed by atoms with Crippen molar-refractivity contribution < 1.29 is 22.3 Å². The first-order valence-corrected chi connectivity index (χ1v) is 5.83. The maximum Gasteiger partial charge on any atom is 0.340 e. The minimum Gasteiger partial charge on any atom is -0.471 e. The van der Waals surface area contributed by atoms with Crippen LogP contribution in [0.4, 0.5) is 17.6 Å². The summed E-state index contributed by atoms with van der Waals surface area (Å²) in [5.74, 6) is -4.49. The van der Waals surface area contributed by atoms with Gasteiger partial charge in [0, 0.05) is 6.07 Å². The Morgan fingerprint density at radius 1 is 1.47 bits per heavy atom. The molecule has 0 atom stereocenters. The van der Waals surface area contributed by atoms with Gasteiger partial charge in [-0.25, -0.2) is 13.8 Å². The number of halogens is 5. The fraction of sp³-hybridized carbons (Fsp3) is 0.500. The van der Waals surface area contributed by atoms with Gasteiger partial charge in [0.05, 0.1) is 0 Å². The van der Waals surface area contributed by atoms with Gasteiger partial charge in [-0.1, -0.05) is 23.4 Å². The van der Waals surface area contributed by atoms with Gasteiger partial charge in [0.25, 0.3) is 0 Å². The van der Waals surface area contributed by atoms with E-state index < -0.39 is 19.0 Å². The molecule has 0 aromatic carbocycles. The van der Waals surface area contributed by atoms with E-state index in [0.29, 0.717) is 0 Å². The molecule has 0 bridgehead atoms. The predicted octanol–water partition coefficient (Wildman–Crippen LogP) is 3.13. The van der Waals surface area contributed by atoms with Gasteiger partial charge in [-0.3, -0.25) is 0 Å². The van der Waals surface area contributed by atoms with E-state index in [1.807, 2.05) is 0 Å². The molecule has 0 aliphatic carbocycles. The number of rotatable bonds is 5. The lowest BCUT2D eigenvalue weighted by Crippen LogP contribution is -2.33. The molecule has 0 aliphatic rings. The highest BCUT2D eigenvalue weighted by atomic mass is 35.5. The quantitative estimate of drug-likeness (QED) is 0.361. The minimum absolute atomic E-state index is 0.0142. The van der Waals surface area contributed by atoms with E-state index in [0.717, 1.165) is 17.8 Å². The standard InChI is InChI=1S/C8H7ClF4N2OS/c1-17-7-14-4(9)2-5(15-7)16-3-8(12,13)6(10)11/h2,6H,3H2,1H3. The van der Waals surface area contributed by atoms with Crippen LogP contribution >= 0.6 is 23.4 Å². The van der Waals surface area contributed by atoms with Crippen molar-refractivity contribution in [1.82, 2.24) is 9.97 Å². The fourth-order valence-corrected chi connectivity index (χ4v) is 1.37. The average Bonchev–Trinajstić information content (AvgIpc) is 2.25. The molecule has 0 radical (unpaired) electrons. The van der Waals surface area contributed by atoms with Gasteiger partial charge < -0.3 is 4.74 Å². The lowest BCUT2D eigenvalue weighted by molar-refractivity contribution is -0.148. The van der Waals surface area contributed by atoms with Crippen molar-refractivity contribution >= 4 is 23.4 Å². The maximum atomic E-state index is 12.6. The van der Waals surface area contributed by atoms with E-state index in [1.54, 1.807) is 6.26 Å². The number of thioether (sulfide) groups is 1. The molecule has 0 amide bonds. The summed E-state index contributed by atoms with van der Waals surface area (Å²) >= 11 is 6.68. The molecule has 1 heterocycles. The molecule has 1 aromatic rings. The molecule has 17 heavy (non-hydrogen) atoms. The average molecular weight is 291 g/mol. The summed E-state index contributed by atoms with van der Waals surface area (Å²) < 4.78 is 53.3. The Morgan fingerprint density at radius 3 is 2.65 bits per heavy atom. The van der Waals surface area contributed by atoms with Gasteiger partial charge in [0.15, 0.2) is 11.8 Å². The molecule has 1 aromatic heterocycles. The number of aromatic nitrogens is 2. The van der Waals surface area contributed by atoms with Crippen LogP contribution in [0, 0.1) is 0 Å². The highest BCUT2D eigenvalue weighted by molar-refractivity contribution is 7.98. The third kappa shape index (κ3) is 4.19. The van der Waals surface area contributed by atoms with Gasteiger partial charge in [-0.05, 0) is 6.26 Å². The van der Waals surface area contributed by atoms with E-state index in [-0.39, 0.29) is 16.2 Å². The maximum absolute atomic E-state index is 12.6. The topological polar surface area (TPSA) is 35.0 Å². The van der Waals surface area contributed by atoms with Crippen LogP contribution in [0.5, 0.6) is 5.88 Å². The van der Waals surface area contributed by atoms with Crippen LogP contribution in [0.2, 0.25) is 5.15 Å². The second kappa shape index (κ2) is 5.72. The second-order valence-corrected chi connectivity index (χ2v) is 4.03. The van der Waals surface area contributed by atoms with E-state index in [4.69, 9.17) is 11.6 Å². The highest BCUT2D eigenvalue weighted by Gasteiger charge is 2.41. The van der Waals surface area contributed by atoms with Gasteiger partial charge >= 0.3 is 12.3 Å². The summed E-state index contributed by atoms with van der Waals surface area (Å²) in [5, 5.41) is 0.188. The molecule has 9 heteroatoms. The van der Waals surface area contributed by atoms with Crippen LogP contribution in [0.1, 0.15) is 0 Å². The van der Waals surface area contributed by atoms with Crippen molar-refractivity contribution in [2.75, 3.05) is 12.9 Å². The Hall–Kier alpha value is -0.760. The molecule has 0 spiro atoms. The highest BCUT2D eigenvalue weighted by Crippen LogP contribution is 2.25. The number of nitrogens with zero attached hydrogens (tertiary/aromatic N) is 2. The Kier molecular flexibility index (Phi) is 4.81. The van der Waals surface area contributed by atoms with E-state index in [2.05, 4.69) is 14.7 Å². The zero-order valence-corrected chi connectivity index (χ0v) is 10.0. The molecule has 3 nitrogen and oxygen atoms in total. The lowest BCUT2D eigenvalue weighted by Gasteiger charge is -2.15. The smallest absolute Gasteiger partial charge is 0.340 e. The lowest BCUT2D eigenvalue weighted by atomic mass is 10.4. The van der Waals surface area contributed by atoms with Crippen molar-refractivity contribution in [3.8, 4) is 5.88 Å². The largest absolute Gasteiger partial charge is 0.471 e. The zero-order chi connectivity index (χ0) is 13.1. The van der Waals surface area contributed by atoms with E-state index in [9.17, 15) is 17.6 Å². The Labute approximate surface area is 104 Å². The summed E-state index contributed by atoms with van der Waals surface area (Å²) in [5.41, 5.74) is 0. The summed E-state index contributed by atoms with van der Waals surface area (Å²) in [7, 11) is 0. The van der Waals surface area contributed by atoms with Crippen molar-refractivity contribution in [2.45, 2.75) is 17.5 Å². The van der Waals surface area contributed by atoms with Crippen LogP contribution in [-0.4, -0.2) is 35.2 Å². The molecule has 0 fully saturated rings. The van der Waals surface area contributed by atoms with Crippen LogP contribution in [-0.2, 0) is 0 Å². The molecule has 0 saturated heterocycles. The third-order valence-electron chi connectivity index (χ3n) is 1.57. The molecular weight excluding hydrogens is 284 g/mol. The normalized spacial score (nSPS) is 11.9. The summed E-state index contributed by atoms with van der Waals surface area (Å²) in [6.45, 7) is -1.47. The van der Waals surface area contributed by atoms with Crippen molar-refractivity contribution in [1.29, 1.82) is 0 Å². The van der Waals surface area contributed by atoms with Gasteiger partial charge in [0.1, 0.15) is 5.15 Å². The van der Waals surface area contributed by atoms with Crippen molar-refractivity contribution in [3.63, 3.8) is 0 Å². The molecule has 1 rings (SSSR count). The first-order chi connectivity index (χ1) is 7.85. The van der Waals surface area contributed by atoms with E-state index >= 15 is 0 Å². The monoisotopic (exact) mass is 290 g/mol. The molecule has 0 aliphatic heterocycles. The van der Waals surface area contributed by atoms with Crippen LogP contribution in [0.25, 0.3) is 0 Å². The van der Waals surface area contributed by atoms with Crippen LogP contribution in [0.3, 0.4) is 0 Å². The first kappa shape index (κ1) is 14.3. The summed E-state index contributed by atoms with van der Waals surface area (Å²) in [6, 6.07) is 1.07. The summed E-state index contributed by atoms with van der Waals surface area (Å²) in [4.78, 5) is 7.41. The summed E-state index contributed by atoms with van der Waals surface area (Å²) in [6.07, 6.45) is -2.15. The second-order valence-electron chi connectivity index (χ2n) is 2.87. The first-order valence-electron chi connectivity index (χ1n) is 4.22. The predicted molar refractivity (Wildman–Crippen MR) is 55.3 cm³/mol. The zero-order valence-electron chi connectivity index (χ0n) is 8.46. The van der Waals surface area contributed by atoms with Crippen molar-refractivity contribution in [3.05, 3.63) is 11.2 Å². The Bertz CT molecular complexity index is 394. The van der Waals surface area contributed by atoms with E-state index in [1.165, 1.54) is 0 Å². The molecule has 96 valence electrons. The fourth-order valence-electron chi connectivity index (χ4n) is 0.775. The molecular formula is C8H7ClF4N2OS. The number of hydrogen-bond acceptors (Lipinski definition) is 4. The number of ether oxygens (including phenoxy) is 1. The Balaban J connectivity index is 2.72. The SMILES string of the molecule is CSc1nc(Cl)cc(OCC(F)(F)C(F)F)n1. The third-order valence-corrected chi connectivity index (χ3v) is 2.31. The van der Waals surface area contributed by atoms with Gasteiger partial charge in [-0.15, -0.1) is 0 Å². The van der Waals surface area contributed by atoms with Crippen LogP contribution < -0.4 is 4.74 Å². The van der Waals surface area contributed by atoms with Gasteiger partial charge in [-0.2, -0.15) is 13.8 Å². The van der Waals surface area contributed by atoms with Crippen molar-refractivity contribution in [2.24, 2.45) is 0 Å². The molecule has 0 saturated carbocycles. The van der Waals surface area contributed by atoms with Gasteiger partial charge in [0.2, 0.25) is 5.88 Å².